The zero-order chi connectivity index (χ0) is 12.7. The standard InChI is InChI=1S/C14H10BrIN2/c1-8-5-11(15)13-12(6-8)17-14(18-13)9-3-2-4-10(16)7-9/h2-7H,1H3,(H,17,18). The highest BCUT2D eigenvalue weighted by molar-refractivity contribution is 14.1. The van der Waals surface area contributed by atoms with Crippen LogP contribution in [-0.4, -0.2) is 9.97 Å². The van der Waals surface area contributed by atoms with Crippen molar-refractivity contribution in [3.63, 3.8) is 0 Å². The van der Waals surface area contributed by atoms with Gasteiger partial charge in [-0.25, -0.2) is 4.98 Å². The number of hydrogen-bond donors (Lipinski definition) is 1. The molecule has 0 aliphatic heterocycles. The van der Waals surface area contributed by atoms with Crippen molar-refractivity contribution in [3.8, 4) is 11.4 Å². The smallest absolute Gasteiger partial charge is 0.138 e. The maximum absolute atomic E-state index is 4.66. The topological polar surface area (TPSA) is 28.7 Å². The lowest BCUT2D eigenvalue weighted by Crippen LogP contribution is -1.80. The molecule has 18 heavy (non-hydrogen) atoms. The molecule has 0 fully saturated rings. The van der Waals surface area contributed by atoms with E-state index in [1.165, 1.54) is 9.13 Å². The Hall–Kier alpha value is -0.880. The van der Waals surface area contributed by atoms with Crippen molar-refractivity contribution in [3.05, 3.63) is 50.0 Å². The molecule has 0 bridgehead atoms. The molecule has 0 atom stereocenters. The number of aromatic amines is 1. The molecule has 0 amide bonds. The van der Waals surface area contributed by atoms with Crippen LogP contribution in [0.5, 0.6) is 0 Å². The third kappa shape index (κ3) is 2.19. The van der Waals surface area contributed by atoms with Crippen LogP contribution in [0.2, 0.25) is 0 Å². The van der Waals surface area contributed by atoms with Crippen LogP contribution in [0.15, 0.2) is 40.9 Å². The largest absolute Gasteiger partial charge is 0.338 e. The fraction of sp³-hybridized carbons (Fsp3) is 0.0714. The molecule has 0 unspecified atom stereocenters. The summed E-state index contributed by atoms with van der Waals surface area (Å²) in [6, 6.07) is 12.5. The van der Waals surface area contributed by atoms with Gasteiger partial charge in [0.05, 0.1) is 5.52 Å². The van der Waals surface area contributed by atoms with E-state index >= 15 is 0 Å². The van der Waals surface area contributed by atoms with E-state index in [1.807, 2.05) is 6.07 Å². The first kappa shape index (κ1) is 12.2. The maximum atomic E-state index is 4.66. The lowest BCUT2D eigenvalue weighted by Gasteiger charge is -1.96. The van der Waals surface area contributed by atoms with Crippen LogP contribution >= 0.6 is 38.5 Å². The Morgan fingerprint density at radius 2 is 2.06 bits per heavy atom. The Kier molecular flexibility index (Phi) is 3.15. The van der Waals surface area contributed by atoms with E-state index in [-0.39, 0.29) is 0 Å². The van der Waals surface area contributed by atoms with Crippen molar-refractivity contribution in [1.29, 1.82) is 0 Å². The highest BCUT2D eigenvalue weighted by atomic mass is 127. The molecule has 0 radical (unpaired) electrons. The molecular formula is C14H10BrIN2. The number of aromatic nitrogens is 2. The number of nitrogens with zero attached hydrogens (tertiary/aromatic N) is 1. The Labute approximate surface area is 127 Å². The quantitative estimate of drug-likeness (QED) is 0.565. The Morgan fingerprint density at radius 1 is 1.22 bits per heavy atom. The van der Waals surface area contributed by atoms with Crippen LogP contribution in [-0.2, 0) is 0 Å². The number of rotatable bonds is 1. The summed E-state index contributed by atoms with van der Waals surface area (Å²) in [5.41, 5.74) is 4.38. The van der Waals surface area contributed by atoms with Gasteiger partial charge in [-0.15, -0.1) is 0 Å². The summed E-state index contributed by atoms with van der Waals surface area (Å²) < 4.78 is 2.24. The van der Waals surface area contributed by atoms with Crippen molar-refractivity contribution < 1.29 is 0 Å². The fourth-order valence-electron chi connectivity index (χ4n) is 1.98. The number of halogens is 2. The molecular weight excluding hydrogens is 403 g/mol. The van der Waals surface area contributed by atoms with Crippen LogP contribution in [0.3, 0.4) is 0 Å². The predicted octanol–water partition coefficient (Wildman–Crippen LogP) is 4.91. The highest BCUT2D eigenvalue weighted by Crippen LogP contribution is 2.27. The molecule has 0 spiro atoms. The van der Waals surface area contributed by atoms with Gasteiger partial charge < -0.3 is 4.98 Å². The minimum atomic E-state index is 0.912. The molecule has 1 heterocycles. The summed E-state index contributed by atoms with van der Waals surface area (Å²) in [7, 11) is 0. The zero-order valence-corrected chi connectivity index (χ0v) is 13.4. The number of hydrogen-bond acceptors (Lipinski definition) is 1. The molecule has 1 N–H and O–H groups in total. The first-order chi connectivity index (χ1) is 8.63. The second-order valence-electron chi connectivity index (χ2n) is 4.24. The molecule has 0 aliphatic rings. The monoisotopic (exact) mass is 412 g/mol. The fourth-order valence-corrected chi connectivity index (χ4v) is 3.19. The molecule has 3 aromatic rings. The number of fused-ring (bicyclic) bond motifs is 1. The highest BCUT2D eigenvalue weighted by Gasteiger charge is 2.08. The molecule has 0 saturated carbocycles. The molecule has 90 valence electrons. The van der Waals surface area contributed by atoms with Gasteiger partial charge in [0.15, 0.2) is 0 Å². The maximum Gasteiger partial charge on any atom is 0.138 e. The molecule has 0 aliphatic carbocycles. The number of nitrogens with one attached hydrogen (secondary N) is 1. The Bertz CT molecular complexity index is 734. The molecule has 0 saturated heterocycles. The van der Waals surface area contributed by atoms with Gasteiger partial charge in [-0.2, -0.15) is 0 Å². The van der Waals surface area contributed by atoms with E-state index in [1.54, 1.807) is 0 Å². The second-order valence-corrected chi connectivity index (χ2v) is 6.34. The summed E-state index contributed by atoms with van der Waals surface area (Å²) >= 11 is 5.88. The van der Waals surface area contributed by atoms with E-state index in [9.17, 15) is 0 Å². The normalized spacial score (nSPS) is 11.1. The summed E-state index contributed by atoms with van der Waals surface area (Å²) in [6.07, 6.45) is 0. The van der Waals surface area contributed by atoms with Crippen molar-refractivity contribution in [2.45, 2.75) is 6.92 Å². The number of H-pyrrole nitrogens is 1. The van der Waals surface area contributed by atoms with E-state index in [4.69, 9.17) is 0 Å². The summed E-state index contributed by atoms with van der Waals surface area (Å²) in [4.78, 5) is 8.04. The summed E-state index contributed by atoms with van der Waals surface area (Å²) in [5, 5.41) is 0. The predicted molar refractivity (Wildman–Crippen MR) is 86.7 cm³/mol. The summed E-state index contributed by atoms with van der Waals surface area (Å²) in [6.45, 7) is 2.08. The molecule has 1 aromatic heterocycles. The average molecular weight is 413 g/mol. The van der Waals surface area contributed by atoms with Crippen LogP contribution < -0.4 is 0 Å². The van der Waals surface area contributed by atoms with Gasteiger partial charge in [-0.1, -0.05) is 12.1 Å². The average Bonchev–Trinajstić information content (AvgIpc) is 2.73. The van der Waals surface area contributed by atoms with E-state index in [0.717, 1.165) is 26.9 Å². The number of benzene rings is 2. The van der Waals surface area contributed by atoms with Crippen molar-refractivity contribution in [1.82, 2.24) is 9.97 Å². The van der Waals surface area contributed by atoms with E-state index < -0.39 is 0 Å². The third-order valence-corrected chi connectivity index (χ3v) is 4.06. The van der Waals surface area contributed by atoms with Crippen LogP contribution in [0.1, 0.15) is 5.56 Å². The van der Waals surface area contributed by atoms with Crippen molar-refractivity contribution in [2.24, 2.45) is 0 Å². The zero-order valence-electron chi connectivity index (χ0n) is 9.67. The lowest BCUT2D eigenvalue weighted by molar-refractivity contribution is 1.33. The van der Waals surface area contributed by atoms with E-state index in [0.29, 0.717) is 0 Å². The molecule has 4 heteroatoms. The SMILES string of the molecule is Cc1cc(Br)c2nc(-c3cccc(I)c3)[nH]c2c1. The van der Waals surface area contributed by atoms with Crippen molar-refractivity contribution >= 4 is 49.6 Å². The van der Waals surface area contributed by atoms with Gasteiger partial charge in [0.2, 0.25) is 0 Å². The van der Waals surface area contributed by atoms with Gasteiger partial charge in [-0.05, 0) is 75.3 Å². The Balaban J connectivity index is 2.22. The first-order valence-electron chi connectivity index (χ1n) is 5.55. The van der Waals surface area contributed by atoms with Gasteiger partial charge in [0, 0.05) is 13.6 Å². The van der Waals surface area contributed by atoms with Gasteiger partial charge in [0.1, 0.15) is 11.3 Å². The van der Waals surface area contributed by atoms with Crippen LogP contribution in [0.4, 0.5) is 0 Å². The van der Waals surface area contributed by atoms with Gasteiger partial charge >= 0.3 is 0 Å². The van der Waals surface area contributed by atoms with Crippen molar-refractivity contribution in [2.75, 3.05) is 0 Å². The van der Waals surface area contributed by atoms with Crippen LogP contribution in [0.25, 0.3) is 22.4 Å². The van der Waals surface area contributed by atoms with Gasteiger partial charge in [-0.3, -0.25) is 0 Å². The third-order valence-electron chi connectivity index (χ3n) is 2.78. The number of aryl methyl sites for hydroxylation is 1. The lowest BCUT2D eigenvalue weighted by atomic mass is 10.2. The van der Waals surface area contributed by atoms with E-state index in [2.05, 4.69) is 85.7 Å². The van der Waals surface area contributed by atoms with Gasteiger partial charge in [0.25, 0.3) is 0 Å². The number of imidazole rings is 1. The minimum absolute atomic E-state index is 0.912. The molecule has 2 aromatic carbocycles. The molecule has 2 nitrogen and oxygen atoms in total. The first-order valence-corrected chi connectivity index (χ1v) is 7.42. The second kappa shape index (κ2) is 4.66. The van der Waals surface area contributed by atoms with Crippen LogP contribution in [0, 0.1) is 10.5 Å². The minimum Gasteiger partial charge on any atom is -0.338 e. The summed E-state index contributed by atoms with van der Waals surface area (Å²) in [5.74, 6) is 0.912. The molecule has 3 rings (SSSR count). The Morgan fingerprint density at radius 3 is 2.83 bits per heavy atom.